The summed E-state index contributed by atoms with van der Waals surface area (Å²) < 4.78 is 5.49. The lowest BCUT2D eigenvalue weighted by Crippen LogP contribution is -2.06. The third-order valence-corrected chi connectivity index (χ3v) is 4.80. The number of methoxy groups -OCH3 is 1. The van der Waals surface area contributed by atoms with Gasteiger partial charge >= 0.3 is 0 Å². The summed E-state index contributed by atoms with van der Waals surface area (Å²) in [5.41, 5.74) is 3.57. The minimum absolute atomic E-state index is 0.0182. The van der Waals surface area contributed by atoms with Crippen molar-refractivity contribution in [2.45, 2.75) is 40.5 Å². The van der Waals surface area contributed by atoms with Gasteiger partial charge in [0.05, 0.1) is 7.11 Å². The van der Waals surface area contributed by atoms with Gasteiger partial charge in [0.15, 0.2) is 5.78 Å². The Bertz CT molecular complexity index is 1030. The van der Waals surface area contributed by atoms with Crippen molar-refractivity contribution in [2.24, 2.45) is 0 Å². The molecule has 2 aromatic carbocycles. The third-order valence-electron chi connectivity index (χ3n) is 4.80. The minimum Gasteiger partial charge on any atom is -0.508 e. The molecule has 0 spiro atoms. The summed E-state index contributed by atoms with van der Waals surface area (Å²) in [4.78, 5) is 13.1. The van der Waals surface area contributed by atoms with Crippen LogP contribution in [0.5, 0.6) is 23.0 Å². The van der Waals surface area contributed by atoms with Crippen LogP contribution >= 0.6 is 0 Å². The van der Waals surface area contributed by atoms with Crippen molar-refractivity contribution < 1.29 is 24.9 Å². The lowest BCUT2D eigenvalue weighted by Gasteiger charge is -2.18. The van der Waals surface area contributed by atoms with Crippen LogP contribution in [-0.2, 0) is 12.8 Å². The molecule has 5 heteroatoms. The summed E-state index contributed by atoms with van der Waals surface area (Å²) in [5, 5.41) is 31.2. The fourth-order valence-corrected chi connectivity index (χ4v) is 3.10. The molecule has 0 aliphatic heterocycles. The van der Waals surface area contributed by atoms with E-state index in [-0.39, 0.29) is 35.0 Å². The summed E-state index contributed by atoms with van der Waals surface area (Å²) in [6, 6.07) is 6.40. The summed E-state index contributed by atoms with van der Waals surface area (Å²) in [6.45, 7) is 7.74. The van der Waals surface area contributed by atoms with Gasteiger partial charge in [-0.1, -0.05) is 41.5 Å². The molecule has 0 amide bonds. The van der Waals surface area contributed by atoms with E-state index in [4.69, 9.17) is 4.74 Å². The smallest absolute Gasteiger partial charge is 0.193 e. The maximum Gasteiger partial charge on any atom is 0.193 e. The van der Waals surface area contributed by atoms with Crippen molar-refractivity contribution in [1.82, 2.24) is 0 Å². The highest BCUT2D eigenvalue weighted by atomic mass is 16.5. The molecular formula is C26H30O5. The molecule has 5 nitrogen and oxygen atoms in total. The zero-order valence-electron chi connectivity index (χ0n) is 18.7. The Kier molecular flexibility index (Phi) is 8.08. The van der Waals surface area contributed by atoms with Crippen LogP contribution in [0.3, 0.4) is 0 Å². The number of allylic oxidation sites excluding steroid dienone is 5. The summed E-state index contributed by atoms with van der Waals surface area (Å²) >= 11 is 0. The van der Waals surface area contributed by atoms with E-state index in [0.29, 0.717) is 17.5 Å². The van der Waals surface area contributed by atoms with Gasteiger partial charge in [-0.05, 0) is 64.3 Å². The highest BCUT2D eigenvalue weighted by Crippen LogP contribution is 2.44. The highest BCUT2D eigenvalue weighted by molar-refractivity contribution is 6.11. The van der Waals surface area contributed by atoms with Crippen LogP contribution in [0.25, 0.3) is 6.08 Å². The Labute approximate surface area is 183 Å². The molecule has 0 saturated carbocycles. The van der Waals surface area contributed by atoms with Gasteiger partial charge in [-0.3, -0.25) is 4.79 Å². The average Bonchev–Trinajstić information content (AvgIpc) is 2.71. The fourth-order valence-electron chi connectivity index (χ4n) is 3.10. The number of benzene rings is 2. The molecule has 0 aliphatic carbocycles. The topological polar surface area (TPSA) is 87.0 Å². The van der Waals surface area contributed by atoms with Crippen LogP contribution in [-0.4, -0.2) is 28.2 Å². The van der Waals surface area contributed by atoms with Crippen molar-refractivity contribution in [3.63, 3.8) is 0 Å². The molecule has 0 aromatic heterocycles. The quantitative estimate of drug-likeness (QED) is 0.287. The molecule has 0 saturated heterocycles. The Balaban J connectivity index is 2.64. The molecule has 2 rings (SSSR count). The fraction of sp³-hybridized carbons (Fsp3) is 0.269. The van der Waals surface area contributed by atoms with Gasteiger partial charge in [0, 0.05) is 11.1 Å². The summed E-state index contributed by atoms with van der Waals surface area (Å²) in [5.74, 6) is -0.501. The average molecular weight is 423 g/mol. The van der Waals surface area contributed by atoms with E-state index >= 15 is 0 Å². The van der Waals surface area contributed by atoms with Gasteiger partial charge in [-0.2, -0.15) is 0 Å². The van der Waals surface area contributed by atoms with Gasteiger partial charge in [-0.15, -0.1) is 0 Å². The Morgan fingerprint density at radius 1 is 0.871 bits per heavy atom. The molecule has 0 fully saturated rings. The number of rotatable bonds is 8. The monoisotopic (exact) mass is 422 g/mol. The Morgan fingerprint density at radius 2 is 1.42 bits per heavy atom. The van der Waals surface area contributed by atoms with Gasteiger partial charge < -0.3 is 20.1 Å². The first kappa shape index (κ1) is 23.8. The van der Waals surface area contributed by atoms with Crippen molar-refractivity contribution in [1.29, 1.82) is 0 Å². The van der Waals surface area contributed by atoms with Gasteiger partial charge in [-0.25, -0.2) is 0 Å². The van der Waals surface area contributed by atoms with Crippen molar-refractivity contribution in [2.75, 3.05) is 7.11 Å². The molecule has 2 aromatic rings. The maximum absolute atomic E-state index is 13.1. The Morgan fingerprint density at radius 3 is 1.94 bits per heavy atom. The van der Waals surface area contributed by atoms with Crippen LogP contribution in [0.1, 0.15) is 54.7 Å². The number of hydrogen-bond acceptors (Lipinski definition) is 5. The van der Waals surface area contributed by atoms with E-state index in [1.165, 1.54) is 25.3 Å². The van der Waals surface area contributed by atoms with E-state index in [9.17, 15) is 20.1 Å². The van der Waals surface area contributed by atoms with E-state index in [0.717, 1.165) is 16.7 Å². The number of ketones is 1. The number of carbonyl (C=O) groups is 1. The number of phenols is 3. The first-order valence-electron chi connectivity index (χ1n) is 10.1. The van der Waals surface area contributed by atoms with Crippen LogP contribution < -0.4 is 4.74 Å². The number of phenolic OH excluding ortho intramolecular Hbond substituents is 3. The second-order valence-corrected chi connectivity index (χ2v) is 7.82. The standard InChI is InChI=1S/C26H30O5/c1-16(2)6-13-20-24(29)21(14-7-17(3)4)26(31-5)23(25(20)30)22(28)15-10-18-8-11-19(27)12-9-18/h6-12,15,27,29-30H,13-14H2,1-5H3/b15-10+. The molecular weight excluding hydrogens is 392 g/mol. The van der Waals surface area contributed by atoms with Crippen molar-refractivity contribution in [3.05, 3.63) is 75.9 Å². The summed E-state index contributed by atoms with van der Waals surface area (Å²) in [7, 11) is 1.41. The number of hydrogen-bond donors (Lipinski definition) is 3. The second-order valence-electron chi connectivity index (χ2n) is 7.82. The molecule has 0 bridgehead atoms. The van der Waals surface area contributed by atoms with Crippen molar-refractivity contribution >= 4 is 11.9 Å². The van der Waals surface area contributed by atoms with E-state index in [1.807, 2.05) is 39.8 Å². The van der Waals surface area contributed by atoms with Gasteiger partial charge in [0.1, 0.15) is 28.6 Å². The zero-order valence-corrected chi connectivity index (χ0v) is 18.7. The third kappa shape index (κ3) is 6.01. The number of ether oxygens (including phenoxy) is 1. The minimum atomic E-state index is -0.445. The number of carbonyl (C=O) groups excluding carboxylic acids is 1. The van der Waals surface area contributed by atoms with Crippen LogP contribution in [0.4, 0.5) is 0 Å². The zero-order chi connectivity index (χ0) is 23.1. The van der Waals surface area contributed by atoms with Crippen LogP contribution in [0.15, 0.2) is 53.6 Å². The molecule has 0 radical (unpaired) electrons. The predicted molar refractivity (Wildman–Crippen MR) is 124 cm³/mol. The lowest BCUT2D eigenvalue weighted by atomic mass is 9.93. The lowest BCUT2D eigenvalue weighted by molar-refractivity contribution is 0.104. The first-order chi connectivity index (χ1) is 14.6. The largest absolute Gasteiger partial charge is 0.508 e. The summed E-state index contributed by atoms with van der Waals surface area (Å²) in [6.07, 6.45) is 7.40. The molecule has 3 N–H and O–H groups in total. The number of aromatic hydroxyl groups is 3. The van der Waals surface area contributed by atoms with Gasteiger partial charge in [0.2, 0.25) is 0 Å². The molecule has 0 heterocycles. The normalized spacial score (nSPS) is 10.7. The molecule has 0 aliphatic rings. The molecule has 164 valence electrons. The van der Waals surface area contributed by atoms with Gasteiger partial charge in [0.25, 0.3) is 0 Å². The first-order valence-corrected chi connectivity index (χ1v) is 10.1. The van der Waals surface area contributed by atoms with Crippen LogP contribution in [0.2, 0.25) is 0 Å². The van der Waals surface area contributed by atoms with E-state index in [1.54, 1.807) is 18.2 Å². The predicted octanol–water partition coefficient (Wildman–Crippen LogP) is 5.73. The van der Waals surface area contributed by atoms with Crippen LogP contribution in [0, 0.1) is 0 Å². The van der Waals surface area contributed by atoms with Crippen molar-refractivity contribution in [3.8, 4) is 23.0 Å². The highest BCUT2D eigenvalue weighted by Gasteiger charge is 2.26. The Hall–Kier alpha value is -3.47. The second kappa shape index (κ2) is 10.5. The molecule has 0 unspecified atom stereocenters. The van der Waals surface area contributed by atoms with E-state index in [2.05, 4.69) is 0 Å². The maximum atomic E-state index is 13.1. The SMILES string of the molecule is COc1c(CC=C(C)C)c(O)c(CC=C(C)C)c(O)c1C(=O)/C=C/c1ccc(O)cc1. The van der Waals surface area contributed by atoms with E-state index < -0.39 is 5.78 Å². The molecule has 0 atom stereocenters. The molecule has 31 heavy (non-hydrogen) atoms.